The van der Waals surface area contributed by atoms with Crippen molar-refractivity contribution in [1.82, 2.24) is 0 Å². The largest absolute Gasteiger partial charge is 0.335 e. The first-order valence-electron chi connectivity index (χ1n) is 11.1. The zero-order chi connectivity index (χ0) is 21.5. The Kier molecular flexibility index (Phi) is 7.56. The molecule has 2 aromatic carbocycles. The van der Waals surface area contributed by atoms with Crippen molar-refractivity contribution in [2.45, 2.75) is 71.6 Å². The molecule has 0 aliphatic heterocycles. The molecular formula is C26H31NO3. The van der Waals surface area contributed by atoms with E-state index in [9.17, 15) is 9.59 Å². The Morgan fingerprint density at radius 1 is 0.933 bits per heavy atom. The van der Waals surface area contributed by atoms with Gasteiger partial charge in [-0.2, -0.15) is 0 Å². The van der Waals surface area contributed by atoms with E-state index >= 15 is 0 Å². The number of fused-ring (bicyclic) bond motifs is 3. The third-order valence-corrected chi connectivity index (χ3v) is 5.76. The number of benzene rings is 2. The summed E-state index contributed by atoms with van der Waals surface area (Å²) in [5.41, 5.74) is 5.81. The Balaban J connectivity index is 1.78. The fourth-order valence-electron chi connectivity index (χ4n) is 4.11. The van der Waals surface area contributed by atoms with E-state index in [0.717, 1.165) is 38.5 Å². The van der Waals surface area contributed by atoms with Gasteiger partial charge in [0, 0.05) is 17.9 Å². The summed E-state index contributed by atoms with van der Waals surface area (Å²) in [6.07, 6.45) is 6.48. The first-order valence-corrected chi connectivity index (χ1v) is 11.1. The average molecular weight is 406 g/mol. The Hall–Kier alpha value is -2.75. The molecule has 1 atom stereocenters. The van der Waals surface area contributed by atoms with Gasteiger partial charge < -0.3 is 4.84 Å². The van der Waals surface area contributed by atoms with E-state index in [1.54, 1.807) is 6.92 Å². The third-order valence-electron chi connectivity index (χ3n) is 5.76. The summed E-state index contributed by atoms with van der Waals surface area (Å²) in [4.78, 5) is 29.6. The summed E-state index contributed by atoms with van der Waals surface area (Å²) >= 11 is 0. The van der Waals surface area contributed by atoms with Crippen LogP contribution in [-0.4, -0.2) is 17.5 Å². The Morgan fingerprint density at radius 2 is 1.67 bits per heavy atom. The number of carbonyl (C=O) groups excluding carboxylic acids is 2. The molecule has 0 bridgehead atoms. The van der Waals surface area contributed by atoms with Gasteiger partial charge in [-0.05, 0) is 48.1 Å². The summed E-state index contributed by atoms with van der Waals surface area (Å²) in [6.45, 7) is 5.87. The number of rotatable bonds is 10. The van der Waals surface area contributed by atoms with Crippen LogP contribution < -0.4 is 0 Å². The van der Waals surface area contributed by atoms with Crippen molar-refractivity contribution in [3.63, 3.8) is 0 Å². The highest BCUT2D eigenvalue weighted by Crippen LogP contribution is 2.47. The molecule has 0 spiro atoms. The SMILES string of the molecule is CCCCCC(=O)O/N=C(/C)C(=O)c1ccc2c(c1)C(CCCC)c1ccccc1-2. The fraction of sp³-hybridized carbons (Fsp3) is 0.423. The Bertz CT molecular complexity index is 945. The first kappa shape index (κ1) is 21.9. The highest BCUT2D eigenvalue weighted by atomic mass is 16.7. The molecule has 0 fully saturated rings. The Labute approximate surface area is 179 Å². The lowest BCUT2D eigenvalue weighted by Crippen LogP contribution is -2.13. The number of nitrogens with zero attached hydrogens (tertiary/aromatic N) is 1. The normalized spacial score (nSPS) is 14.9. The predicted molar refractivity (Wildman–Crippen MR) is 121 cm³/mol. The van der Waals surface area contributed by atoms with Crippen molar-refractivity contribution >= 4 is 17.5 Å². The quantitative estimate of drug-likeness (QED) is 0.146. The molecule has 1 aliphatic carbocycles. The van der Waals surface area contributed by atoms with Gasteiger partial charge in [0.25, 0.3) is 0 Å². The van der Waals surface area contributed by atoms with Gasteiger partial charge in [0.2, 0.25) is 5.78 Å². The van der Waals surface area contributed by atoms with Crippen molar-refractivity contribution in [3.8, 4) is 11.1 Å². The summed E-state index contributed by atoms with van der Waals surface area (Å²) in [6, 6.07) is 14.4. The maximum absolute atomic E-state index is 12.9. The van der Waals surface area contributed by atoms with Crippen LogP contribution in [0.5, 0.6) is 0 Å². The number of Topliss-reactive ketones (excluding diaryl/α,β-unsaturated/α-hetero) is 1. The van der Waals surface area contributed by atoms with E-state index in [4.69, 9.17) is 4.84 Å². The molecule has 4 nitrogen and oxygen atoms in total. The van der Waals surface area contributed by atoms with Gasteiger partial charge in [-0.3, -0.25) is 4.79 Å². The van der Waals surface area contributed by atoms with Crippen LogP contribution in [0.2, 0.25) is 0 Å². The second-order valence-corrected chi connectivity index (χ2v) is 8.01. The molecule has 0 radical (unpaired) electrons. The molecule has 2 aromatic rings. The van der Waals surface area contributed by atoms with Gasteiger partial charge in [0.05, 0.1) is 0 Å². The lowest BCUT2D eigenvalue weighted by molar-refractivity contribution is -0.143. The van der Waals surface area contributed by atoms with Crippen LogP contribution in [0.3, 0.4) is 0 Å². The molecule has 1 unspecified atom stereocenters. The van der Waals surface area contributed by atoms with Crippen molar-refractivity contribution in [2.75, 3.05) is 0 Å². The molecule has 0 amide bonds. The van der Waals surface area contributed by atoms with E-state index < -0.39 is 0 Å². The van der Waals surface area contributed by atoms with Crippen molar-refractivity contribution in [1.29, 1.82) is 0 Å². The minimum atomic E-state index is -0.389. The molecule has 0 saturated heterocycles. The average Bonchev–Trinajstić information content (AvgIpc) is 3.08. The number of oxime groups is 1. The van der Waals surface area contributed by atoms with E-state index in [1.807, 2.05) is 18.2 Å². The van der Waals surface area contributed by atoms with Crippen LogP contribution in [0.15, 0.2) is 47.6 Å². The molecule has 0 heterocycles. The molecule has 30 heavy (non-hydrogen) atoms. The molecule has 1 aliphatic rings. The molecule has 0 saturated carbocycles. The third kappa shape index (κ3) is 4.86. The van der Waals surface area contributed by atoms with Crippen LogP contribution in [0.4, 0.5) is 0 Å². The van der Waals surface area contributed by atoms with E-state index in [2.05, 4.69) is 43.3 Å². The molecule has 0 aromatic heterocycles. The van der Waals surface area contributed by atoms with Gasteiger partial charge in [-0.1, -0.05) is 81.1 Å². The Morgan fingerprint density at radius 3 is 2.43 bits per heavy atom. The second kappa shape index (κ2) is 10.3. The zero-order valence-corrected chi connectivity index (χ0v) is 18.2. The summed E-state index contributed by atoms with van der Waals surface area (Å²) in [5.74, 6) is -0.276. The van der Waals surface area contributed by atoms with Crippen molar-refractivity contribution in [3.05, 3.63) is 59.2 Å². The lowest BCUT2D eigenvalue weighted by atomic mass is 9.90. The minimum absolute atomic E-state index is 0.194. The van der Waals surface area contributed by atoms with Gasteiger partial charge in [0.1, 0.15) is 5.71 Å². The topological polar surface area (TPSA) is 55.7 Å². The van der Waals surface area contributed by atoms with Gasteiger partial charge >= 0.3 is 5.97 Å². The number of hydrogen-bond acceptors (Lipinski definition) is 4. The lowest BCUT2D eigenvalue weighted by Gasteiger charge is -2.13. The van der Waals surface area contributed by atoms with Crippen LogP contribution in [0.1, 0.15) is 93.1 Å². The zero-order valence-electron chi connectivity index (χ0n) is 18.2. The van der Waals surface area contributed by atoms with Gasteiger partial charge in [-0.25, -0.2) is 4.79 Å². The molecule has 4 heteroatoms. The standard InChI is InChI=1S/C26H31NO3/c1-4-6-8-14-25(28)30-27-18(3)26(29)19-15-16-23-21-13-10-9-12-20(21)22(11-7-5-2)24(23)17-19/h9-10,12-13,15-17,22H,4-8,11,14H2,1-3H3/b27-18-. The fourth-order valence-corrected chi connectivity index (χ4v) is 4.11. The number of carbonyl (C=O) groups is 2. The predicted octanol–water partition coefficient (Wildman–Crippen LogP) is 6.67. The van der Waals surface area contributed by atoms with Crippen LogP contribution in [0, 0.1) is 0 Å². The second-order valence-electron chi connectivity index (χ2n) is 8.01. The monoisotopic (exact) mass is 405 g/mol. The molecule has 0 N–H and O–H groups in total. The number of ketones is 1. The maximum atomic E-state index is 12.9. The van der Waals surface area contributed by atoms with Crippen LogP contribution in [-0.2, 0) is 9.63 Å². The number of unbranched alkanes of at least 4 members (excludes halogenated alkanes) is 3. The summed E-state index contributed by atoms with van der Waals surface area (Å²) < 4.78 is 0. The van der Waals surface area contributed by atoms with E-state index in [-0.39, 0.29) is 17.5 Å². The van der Waals surface area contributed by atoms with Crippen LogP contribution >= 0.6 is 0 Å². The van der Waals surface area contributed by atoms with Gasteiger partial charge in [-0.15, -0.1) is 0 Å². The van der Waals surface area contributed by atoms with Gasteiger partial charge in [0.15, 0.2) is 0 Å². The molecule has 3 rings (SSSR count). The highest BCUT2D eigenvalue weighted by molar-refractivity contribution is 6.45. The van der Waals surface area contributed by atoms with Crippen LogP contribution in [0.25, 0.3) is 11.1 Å². The molecule has 158 valence electrons. The summed E-state index contributed by atoms with van der Waals surface area (Å²) in [5, 5.41) is 3.80. The maximum Gasteiger partial charge on any atom is 0.335 e. The first-order chi connectivity index (χ1) is 14.6. The highest BCUT2D eigenvalue weighted by Gasteiger charge is 2.29. The van der Waals surface area contributed by atoms with E-state index in [1.165, 1.54) is 22.3 Å². The number of hydrogen-bond donors (Lipinski definition) is 0. The smallest absolute Gasteiger partial charge is 0.318 e. The summed E-state index contributed by atoms with van der Waals surface area (Å²) in [7, 11) is 0. The minimum Gasteiger partial charge on any atom is -0.318 e. The van der Waals surface area contributed by atoms with Crippen molar-refractivity contribution in [2.24, 2.45) is 5.16 Å². The van der Waals surface area contributed by atoms with Crippen molar-refractivity contribution < 1.29 is 14.4 Å². The molecular weight excluding hydrogens is 374 g/mol. The van der Waals surface area contributed by atoms with E-state index in [0.29, 0.717) is 17.9 Å².